The normalized spacial score (nSPS) is 12.2. The molecule has 0 radical (unpaired) electrons. The zero-order valence-corrected chi connectivity index (χ0v) is 14.8. The Kier molecular flexibility index (Phi) is 5.06. The lowest BCUT2D eigenvalue weighted by Crippen LogP contribution is -2.25. The van der Waals surface area contributed by atoms with Crippen LogP contribution in [0.5, 0.6) is 0 Å². The van der Waals surface area contributed by atoms with E-state index in [1.165, 1.54) is 22.5 Å². The summed E-state index contributed by atoms with van der Waals surface area (Å²) >= 11 is 0. The van der Waals surface area contributed by atoms with Gasteiger partial charge in [-0.15, -0.1) is 10.2 Å². The van der Waals surface area contributed by atoms with Gasteiger partial charge in [0, 0.05) is 5.56 Å². The Morgan fingerprint density at radius 1 is 1.08 bits per heavy atom. The van der Waals surface area contributed by atoms with Crippen LogP contribution in [0.15, 0.2) is 48.5 Å². The summed E-state index contributed by atoms with van der Waals surface area (Å²) in [7, 11) is 0. The molecule has 26 heavy (non-hydrogen) atoms. The van der Waals surface area contributed by atoms with E-state index in [4.69, 9.17) is 0 Å². The van der Waals surface area contributed by atoms with E-state index in [-0.39, 0.29) is 5.69 Å². The maximum atomic E-state index is 13.7. The van der Waals surface area contributed by atoms with Gasteiger partial charge in [-0.2, -0.15) is 4.80 Å². The minimum atomic E-state index is -0.731. The van der Waals surface area contributed by atoms with Gasteiger partial charge in [0.05, 0.1) is 5.69 Å². The van der Waals surface area contributed by atoms with Gasteiger partial charge in [0.25, 0.3) is 5.91 Å². The van der Waals surface area contributed by atoms with E-state index in [0.29, 0.717) is 11.7 Å². The highest BCUT2D eigenvalue weighted by molar-refractivity contribution is 5.93. The van der Waals surface area contributed by atoms with Crippen molar-refractivity contribution in [3.63, 3.8) is 0 Å². The molecule has 1 heterocycles. The molecule has 0 bridgehead atoms. The lowest BCUT2D eigenvalue weighted by Gasteiger charge is -2.11. The molecule has 0 aliphatic heterocycles. The van der Waals surface area contributed by atoms with Gasteiger partial charge in [0.2, 0.25) is 5.82 Å². The maximum Gasteiger partial charge on any atom is 0.250 e. The van der Waals surface area contributed by atoms with E-state index in [2.05, 4.69) is 34.6 Å². The van der Waals surface area contributed by atoms with E-state index in [0.717, 1.165) is 5.56 Å². The largest absolute Gasteiger partial charge is 0.322 e. The number of nitrogens with zero attached hydrogens (tertiary/aromatic N) is 4. The summed E-state index contributed by atoms with van der Waals surface area (Å²) in [6, 6.07) is 13.2. The molecular weight excluding hydrogens is 333 g/mol. The van der Waals surface area contributed by atoms with E-state index >= 15 is 0 Å². The minimum absolute atomic E-state index is 0.119. The zero-order chi connectivity index (χ0) is 18.7. The molecule has 0 aliphatic rings. The van der Waals surface area contributed by atoms with Gasteiger partial charge in [-0.05, 0) is 35.8 Å². The number of anilines is 1. The Hall–Kier alpha value is -3.09. The topological polar surface area (TPSA) is 72.7 Å². The molecule has 3 aromatic rings. The van der Waals surface area contributed by atoms with Crippen molar-refractivity contribution in [1.82, 2.24) is 20.2 Å². The van der Waals surface area contributed by atoms with Crippen LogP contribution in [0, 0.1) is 5.82 Å². The summed E-state index contributed by atoms with van der Waals surface area (Å²) in [6.45, 7) is 5.88. The van der Waals surface area contributed by atoms with Crippen molar-refractivity contribution in [1.29, 1.82) is 0 Å². The van der Waals surface area contributed by atoms with E-state index < -0.39 is 17.8 Å². The Bertz CT molecular complexity index is 904. The Balaban J connectivity index is 1.74. The van der Waals surface area contributed by atoms with Gasteiger partial charge in [0.1, 0.15) is 11.9 Å². The Morgan fingerprint density at radius 3 is 2.42 bits per heavy atom. The van der Waals surface area contributed by atoms with Crippen molar-refractivity contribution < 1.29 is 9.18 Å². The molecule has 7 heteroatoms. The first kappa shape index (κ1) is 17.7. The number of para-hydroxylation sites is 1. The van der Waals surface area contributed by atoms with Crippen molar-refractivity contribution in [2.75, 3.05) is 5.32 Å². The van der Waals surface area contributed by atoms with Gasteiger partial charge in [-0.25, -0.2) is 4.39 Å². The summed E-state index contributed by atoms with van der Waals surface area (Å²) in [5.41, 5.74) is 2.16. The number of carbonyl (C=O) groups is 1. The third-order valence-electron chi connectivity index (χ3n) is 4.12. The van der Waals surface area contributed by atoms with E-state index in [1.54, 1.807) is 19.1 Å². The highest BCUT2D eigenvalue weighted by Gasteiger charge is 2.20. The average Bonchev–Trinajstić information content (AvgIpc) is 3.13. The molecule has 134 valence electrons. The second-order valence-electron chi connectivity index (χ2n) is 6.36. The van der Waals surface area contributed by atoms with Crippen LogP contribution in [0.25, 0.3) is 11.4 Å². The number of hydrogen-bond donors (Lipinski definition) is 1. The van der Waals surface area contributed by atoms with Gasteiger partial charge in [0.15, 0.2) is 0 Å². The fourth-order valence-corrected chi connectivity index (χ4v) is 2.43. The standard InChI is InChI=1S/C19H20FN5O/c1-12(2)14-8-10-15(11-9-14)18-22-24-25(23-18)13(3)19(26)21-17-7-5-4-6-16(17)20/h4-13H,1-3H3,(H,21,26)/t13-/m0/s1. The lowest BCUT2D eigenvalue weighted by atomic mass is 10.0. The molecule has 0 spiro atoms. The van der Waals surface area contributed by atoms with Crippen molar-refractivity contribution in [3.05, 3.63) is 59.9 Å². The number of rotatable bonds is 5. The van der Waals surface area contributed by atoms with Gasteiger partial charge in [-0.1, -0.05) is 50.2 Å². The third kappa shape index (κ3) is 3.77. The van der Waals surface area contributed by atoms with Gasteiger partial charge >= 0.3 is 0 Å². The first-order chi connectivity index (χ1) is 12.5. The molecule has 1 atom stereocenters. The molecule has 0 unspecified atom stereocenters. The number of carbonyl (C=O) groups excluding carboxylic acids is 1. The zero-order valence-electron chi connectivity index (χ0n) is 14.8. The molecule has 6 nitrogen and oxygen atoms in total. The predicted molar refractivity (Wildman–Crippen MR) is 97.1 cm³/mol. The fourth-order valence-electron chi connectivity index (χ4n) is 2.43. The molecular formula is C19H20FN5O. The van der Waals surface area contributed by atoms with E-state index in [9.17, 15) is 9.18 Å². The second kappa shape index (κ2) is 7.43. The number of halogens is 1. The third-order valence-corrected chi connectivity index (χ3v) is 4.12. The van der Waals surface area contributed by atoms with Gasteiger partial charge < -0.3 is 5.32 Å². The maximum absolute atomic E-state index is 13.7. The average molecular weight is 353 g/mol. The van der Waals surface area contributed by atoms with E-state index in [1.807, 2.05) is 24.3 Å². The molecule has 0 fully saturated rings. The first-order valence-electron chi connectivity index (χ1n) is 8.41. The molecule has 3 rings (SSSR count). The highest BCUT2D eigenvalue weighted by atomic mass is 19.1. The molecule has 2 aromatic carbocycles. The number of hydrogen-bond acceptors (Lipinski definition) is 4. The van der Waals surface area contributed by atoms with Crippen molar-refractivity contribution in [2.45, 2.75) is 32.7 Å². The van der Waals surface area contributed by atoms with Crippen molar-refractivity contribution in [2.24, 2.45) is 0 Å². The predicted octanol–water partition coefficient (Wildman–Crippen LogP) is 3.80. The van der Waals surface area contributed by atoms with Crippen LogP contribution in [-0.4, -0.2) is 26.1 Å². The smallest absolute Gasteiger partial charge is 0.250 e. The van der Waals surface area contributed by atoms with Crippen molar-refractivity contribution >= 4 is 11.6 Å². The molecule has 0 saturated heterocycles. The van der Waals surface area contributed by atoms with Gasteiger partial charge in [-0.3, -0.25) is 4.79 Å². The van der Waals surface area contributed by atoms with Crippen LogP contribution in [0.1, 0.15) is 38.3 Å². The summed E-state index contributed by atoms with van der Waals surface area (Å²) < 4.78 is 13.7. The summed E-state index contributed by atoms with van der Waals surface area (Å²) in [6.07, 6.45) is 0. The van der Waals surface area contributed by atoms with Crippen LogP contribution < -0.4 is 5.32 Å². The number of tetrazole rings is 1. The number of aromatic nitrogens is 4. The summed E-state index contributed by atoms with van der Waals surface area (Å²) in [5.74, 6) is -0.0413. The molecule has 1 aromatic heterocycles. The molecule has 0 aliphatic carbocycles. The number of amides is 1. The van der Waals surface area contributed by atoms with Crippen molar-refractivity contribution in [3.8, 4) is 11.4 Å². The molecule has 1 amide bonds. The number of nitrogens with one attached hydrogen (secondary N) is 1. The molecule has 0 saturated carbocycles. The highest BCUT2D eigenvalue weighted by Crippen LogP contribution is 2.20. The SMILES string of the molecule is CC(C)c1ccc(-c2nnn([C@@H](C)C(=O)Nc3ccccc3F)n2)cc1. The number of benzene rings is 2. The Labute approximate surface area is 151 Å². The molecule has 1 N–H and O–H groups in total. The summed E-state index contributed by atoms with van der Waals surface area (Å²) in [5, 5.41) is 14.8. The van der Waals surface area contributed by atoms with Crippen LogP contribution in [0.4, 0.5) is 10.1 Å². The first-order valence-corrected chi connectivity index (χ1v) is 8.41. The lowest BCUT2D eigenvalue weighted by molar-refractivity contribution is -0.119. The second-order valence-corrected chi connectivity index (χ2v) is 6.36. The van der Waals surface area contributed by atoms with Crippen LogP contribution in [-0.2, 0) is 4.79 Å². The Morgan fingerprint density at radius 2 is 1.77 bits per heavy atom. The quantitative estimate of drug-likeness (QED) is 0.757. The fraction of sp³-hybridized carbons (Fsp3) is 0.263. The van der Waals surface area contributed by atoms with Crippen LogP contribution in [0.3, 0.4) is 0 Å². The van der Waals surface area contributed by atoms with Crippen LogP contribution >= 0.6 is 0 Å². The minimum Gasteiger partial charge on any atom is -0.322 e. The van der Waals surface area contributed by atoms with Crippen LogP contribution in [0.2, 0.25) is 0 Å². The summed E-state index contributed by atoms with van der Waals surface area (Å²) in [4.78, 5) is 13.5. The monoisotopic (exact) mass is 353 g/mol.